The van der Waals surface area contributed by atoms with Crippen molar-refractivity contribution >= 4 is 0 Å². The van der Waals surface area contributed by atoms with Crippen molar-refractivity contribution in [2.24, 2.45) is 5.73 Å². The average molecular weight is 231 g/mol. The van der Waals surface area contributed by atoms with E-state index in [4.69, 9.17) is 12.2 Å². The summed E-state index contributed by atoms with van der Waals surface area (Å²) >= 11 is 0. The van der Waals surface area contributed by atoms with Gasteiger partial charge in [0.05, 0.1) is 6.04 Å². The minimum absolute atomic E-state index is 0.0786. The molecule has 0 amide bonds. The first-order valence-corrected chi connectivity index (χ1v) is 6.06. The van der Waals surface area contributed by atoms with Gasteiger partial charge >= 0.3 is 0 Å². The van der Waals surface area contributed by atoms with Crippen LogP contribution in [-0.2, 0) is 0 Å². The zero-order chi connectivity index (χ0) is 12.7. The van der Waals surface area contributed by atoms with Crippen LogP contribution in [-0.4, -0.2) is 17.6 Å². The molecule has 0 spiro atoms. The second-order valence-corrected chi connectivity index (χ2v) is 4.20. The van der Waals surface area contributed by atoms with Gasteiger partial charge in [-0.3, -0.25) is 10.3 Å². The normalized spacial score (nSPS) is 14.0. The van der Waals surface area contributed by atoms with Crippen molar-refractivity contribution in [1.29, 1.82) is 0 Å². The Morgan fingerprint density at radius 2 is 2.29 bits per heavy atom. The Balaban J connectivity index is 2.71. The Bertz CT molecular complexity index is 364. The lowest BCUT2D eigenvalue weighted by atomic mass is 10.1. The maximum Gasteiger partial charge on any atom is 0.0692 e. The standard InChI is InChI=1S/C14H21N3/c1-4-6-13(5-2)17-14(9-15)12-8-7-11(3)16-10-12/h2,7-8,10,13-14,17H,4,6,9,15H2,1,3H3. The molecule has 3 nitrogen and oxygen atoms in total. The maximum atomic E-state index is 5.78. The molecule has 1 aromatic rings. The number of nitrogens with zero attached hydrogens (tertiary/aromatic N) is 1. The quantitative estimate of drug-likeness (QED) is 0.734. The van der Waals surface area contributed by atoms with Crippen molar-refractivity contribution in [1.82, 2.24) is 10.3 Å². The molecule has 3 heteroatoms. The van der Waals surface area contributed by atoms with E-state index in [-0.39, 0.29) is 12.1 Å². The van der Waals surface area contributed by atoms with Gasteiger partial charge in [-0.2, -0.15) is 0 Å². The van der Waals surface area contributed by atoms with Crippen LogP contribution < -0.4 is 11.1 Å². The van der Waals surface area contributed by atoms with E-state index in [1.54, 1.807) is 0 Å². The second-order valence-electron chi connectivity index (χ2n) is 4.20. The molecule has 1 rings (SSSR count). The number of terminal acetylenes is 1. The molecule has 0 aromatic carbocycles. The van der Waals surface area contributed by atoms with Gasteiger partial charge in [-0.25, -0.2) is 0 Å². The highest BCUT2D eigenvalue weighted by molar-refractivity contribution is 5.18. The molecule has 0 bridgehead atoms. The predicted molar refractivity (Wildman–Crippen MR) is 71.4 cm³/mol. The number of pyridine rings is 1. The third kappa shape index (κ3) is 4.18. The molecule has 0 saturated carbocycles. The van der Waals surface area contributed by atoms with Crippen LogP contribution in [0.3, 0.4) is 0 Å². The van der Waals surface area contributed by atoms with E-state index >= 15 is 0 Å². The highest BCUT2D eigenvalue weighted by Crippen LogP contribution is 2.12. The van der Waals surface area contributed by atoms with Crippen LogP contribution in [0.25, 0.3) is 0 Å². The van der Waals surface area contributed by atoms with Gasteiger partial charge in [-0.1, -0.05) is 25.3 Å². The third-order valence-electron chi connectivity index (χ3n) is 2.75. The van der Waals surface area contributed by atoms with Crippen molar-refractivity contribution < 1.29 is 0 Å². The number of rotatable bonds is 6. The first-order chi connectivity index (χ1) is 8.21. The molecule has 1 aromatic heterocycles. The highest BCUT2D eigenvalue weighted by Gasteiger charge is 2.13. The number of nitrogens with one attached hydrogen (secondary N) is 1. The van der Waals surface area contributed by atoms with Crippen LogP contribution in [0.1, 0.15) is 37.1 Å². The van der Waals surface area contributed by atoms with E-state index in [0.29, 0.717) is 6.54 Å². The summed E-state index contributed by atoms with van der Waals surface area (Å²) in [5.41, 5.74) is 7.88. The average Bonchev–Trinajstić information content (AvgIpc) is 2.36. The van der Waals surface area contributed by atoms with Crippen LogP contribution >= 0.6 is 0 Å². The lowest BCUT2D eigenvalue weighted by molar-refractivity contribution is 0.474. The highest BCUT2D eigenvalue weighted by atomic mass is 15.0. The van der Waals surface area contributed by atoms with Crippen LogP contribution in [0.15, 0.2) is 18.3 Å². The molecule has 0 aliphatic rings. The molecule has 0 radical (unpaired) electrons. The number of aromatic nitrogens is 1. The van der Waals surface area contributed by atoms with Crippen LogP contribution in [0, 0.1) is 19.3 Å². The first kappa shape index (κ1) is 13.7. The van der Waals surface area contributed by atoms with Crippen molar-refractivity contribution in [3.63, 3.8) is 0 Å². The lowest BCUT2D eigenvalue weighted by Crippen LogP contribution is -2.35. The van der Waals surface area contributed by atoms with Crippen LogP contribution in [0.5, 0.6) is 0 Å². The fourth-order valence-electron chi connectivity index (χ4n) is 1.73. The molecule has 0 fully saturated rings. The van der Waals surface area contributed by atoms with Crippen LogP contribution in [0.2, 0.25) is 0 Å². The van der Waals surface area contributed by atoms with Crippen molar-refractivity contribution in [2.45, 2.75) is 38.8 Å². The van der Waals surface area contributed by atoms with Gasteiger partial charge in [-0.15, -0.1) is 6.42 Å². The first-order valence-electron chi connectivity index (χ1n) is 6.06. The summed E-state index contributed by atoms with van der Waals surface area (Å²) in [4.78, 5) is 4.28. The SMILES string of the molecule is C#CC(CCC)NC(CN)c1ccc(C)nc1. The topological polar surface area (TPSA) is 50.9 Å². The van der Waals surface area contributed by atoms with Gasteiger partial charge < -0.3 is 5.73 Å². The zero-order valence-corrected chi connectivity index (χ0v) is 10.6. The molecule has 3 N–H and O–H groups in total. The van der Waals surface area contributed by atoms with Gasteiger partial charge in [0.2, 0.25) is 0 Å². The smallest absolute Gasteiger partial charge is 0.0692 e. The summed E-state index contributed by atoms with van der Waals surface area (Å²) in [6.07, 6.45) is 9.38. The van der Waals surface area contributed by atoms with Crippen molar-refractivity contribution in [3.05, 3.63) is 29.6 Å². The summed E-state index contributed by atoms with van der Waals surface area (Å²) in [5.74, 6) is 2.76. The maximum absolute atomic E-state index is 5.78. The van der Waals surface area contributed by atoms with E-state index in [0.717, 1.165) is 24.1 Å². The molecule has 0 aliphatic carbocycles. The van der Waals surface area contributed by atoms with Gasteiger partial charge in [0, 0.05) is 24.5 Å². The Hall–Kier alpha value is -1.37. The Morgan fingerprint density at radius 3 is 2.76 bits per heavy atom. The second kappa shape index (κ2) is 7.05. The Labute approximate surface area is 104 Å². The summed E-state index contributed by atoms with van der Waals surface area (Å²) in [6.45, 7) is 4.61. The Morgan fingerprint density at radius 1 is 1.53 bits per heavy atom. The molecular formula is C14H21N3. The largest absolute Gasteiger partial charge is 0.329 e. The zero-order valence-electron chi connectivity index (χ0n) is 10.6. The van der Waals surface area contributed by atoms with Gasteiger partial charge in [0.15, 0.2) is 0 Å². The fraction of sp³-hybridized carbons (Fsp3) is 0.500. The minimum atomic E-state index is 0.0786. The van der Waals surface area contributed by atoms with E-state index in [1.165, 1.54) is 0 Å². The molecule has 1 heterocycles. The minimum Gasteiger partial charge on any atom is -0.329 e. The molecule has 2 unspecified atom stereocenters. The molecular weight excluding hydrogens is 210 g/mol. The predicted octanol–water partition coefficient (Wildman–Crippen LogP) is 1.78. The Kier molecular flexibility index (Phi) is 5.68. The molecule has 2 atom stereocenters. The van der Waals surface area contributed by atoms with Crippen molar-refractivity contribution in [3.8, 4) is 12.3 Å². The molecule has 17 heavy (non-hydrogen) atoms. The van der Waals surface area contributed by atoms with Crippen LogP contribution in [0.4, 0.5) is 0 Å². The third-order valence-corrected chi connectivity index (χ3v) is 2.75. The van der Waals surface area contributed by atoms with Crippen molar-refractivity contribution in [2.75, 3.05) is 6.54 Å². The summed E-state index contributed by atoms with van der Waals surface area (Å²) < 4.78 is 0. The van der Waals surface area contributed by atoms with Gasteiger partial charge in [0.1, 0.15) is 0 Å². The summed E-state index contributed by atoms with van der Waals surface area (Å²) in [7, 11) is 0. The summed E-state index contributed by atoms with van der Waals surface area (Å²) in [6, 6.07) is 4.20. The monoisotopic (exact) mass is 231 g/mol. The van der Waals surface area contributed by atoms with Gasteiger partial charge in [0.25, 0.3) is 0 Å². The van der Waals surface area contributed by atoms with E-state index in [1.807, 2.05) is 25.3 Å². The fourth-order valence-corrected chi connectivity index (χ4v) is 1.73. The number of nitrogens with two attached hydrogens (primary N) is 1. The molecule has 92 valence electrons. The molecule has 0 saturated heterocycles. The van der Waals surface area contributed by atoms with E-state index < -0.39 is 0 Å². The summed E-state index contributed by atoms with van der Waals surface area (Å²) in [5, 5.41) is 3.39. The van der Waals surface area contributed by atoms with Gasteiger partial charge in [-0.05, 0) is 25.0 Å². The number of hydrogen-bond donors (Lipinski definition) is 2. The lowest BCUT2D eigenvalue weighted by Gasteiger charge is -2.21. The van der Waals surface area contributed by atoms with E-state index in [2.05, 4.69) is 23.1 Å². The number of hydrogen-bond acceptors (Lipinski definition) is 3. The molecule has 0 aliphatic heterocycles. The van der Waals surface area contributed by atoms with E-state index in [9.17, 15) is 0 Å². The number of aryl methyl sites for hydroxylation is 1.